The fraction of sp³-hybridized carbons (Fsp3) is 0.312. The number of carbonyl (C=O) groups excluding carboxylic acids is 1. The van der Waals surface area contributed by atoms with Crippen LogP contribution in [0.2, 0.25) is 0 Å². The maximum Gasteiger partial charge on any atom is 0.254 e. The molecule has 0 aliphatic carbocycles. The molecule has 0 radical (unpaired) electrons. The minimum Gasteiger partial charge on any atom is -0.491 e. The first-order valence-corrected chi connectivity index (χ1v) is 6.89. The second kappa shape index (κ2) is 6.95. The highest BCUT2D eigenvalue weighted by atomic mass is 16.5. The van der Waals surface area contributed by atoms with Gasteiger partial charge in [0.15, 0.2) is 0 Å². The summed E-state index contributed by atoms with van der Waals surface area (Å²) < 4.78 is 10.7. The number of rotatable bonds is 6. The van der Waals surface area contributed by atoms with E-state index in [4.69, 9.17) is 14.9 Å². The molecule has 0 bridgehead atoms. The van der Waals surface area contributed by atoms with E-state index in [0.29, 0.717) is 17.9 Å². The molecule has 2 aromatic rings. The van der Waals surface area contributed by atoms with Gasteiger partial charge in [0.05, 0.1) is 18.2 Å². The van der Waals surface area contributed by atoms with E-state index < -0.39 is 0 Å². The van der Waals surface area contributed by atoms with Crippen molar-refractivity contribution >= 4 is 5.91 Å². The van der Waals surface area contributed by atoms with E-state index in [-0.39, 0.29) is 18.6 Å². The third kappa shape index (κ3) is 4.36. The molecule has 0 fully saturated rings. The van der Waals surface area contributed by atoms with Crippen molar-refractivity contribution in [3.63, 3.8) is 0 Å². The standard InChI is InChI=1S/C16H20N2O3/c1-11(2)21-14-5-3-12(4-6-14)9-18-16(19)13-7-15(8-17)20-10-13/h3-7,10-11H,8-9,17H2,1-2H3,(H,18,19). The van der Waals surface area contributed by atoms with Gasteiger partial charge in [0.1, 0.15) is 17.8 Å². The first-order valence-electron chi connectivity index (χ1n) is 6.89. The Labute approximate surface area is 124 Å². The van der Waals surface area contributed by atoms with Gasteiger partial charge < -0.3 is 20.2 Å². The highest BCUT2D eigenvalue weighted by Crippen LogP contribution is 2.14. The Balaban J connectivity index is 1.88. The highest BCUT2D eigenvalue weighted by Gasteiger charge is 2.09. The second-order valence-corrected chi connectivity index (χ2v) is 5.00. The smallest absolute Gasteiger partial charge is 0.254 e. The van der Waals surface area contributed by atoms with Gasteiger partial charge in [0.2, 0.25) is 0 Å². The lowest BCUT2D eigenvalue weighted by Crippen LogP contribution is -2.22. The van der Waals surface area contributed by atoms with E-state index >= 15 is 0 Å². The second-order valence-electron chi connectivity index (χ2n) is 5.00. The summed E-state index contributed by atoms with van der Waals surface area (Å²) in [5.74, 6) is 1.23. The number of hydrogen-bond acceptors (Lipinski definition) is 4. The molecule has 2 rings (SSSR count). The number of ether oxygens (including phenoxy) is 1. The monoisotopic (exact) mass is 288 g/mol. The molecule has 0 aliphatic rings. The van der Waals surface area contributed by atoms with Gasteiger partial charge in [-0.15, -0.1) is 0 Å². The molecule has 5 heteroatoms. The SMILES string of the molecule is CC(C)Oc1ccc(CNC(=O)c2coc(CN)c2)cc1. The summed E-state index contributed by atoms with van der Waals surface area (Å²) in [6.07, 6.45) is 1.56. The van der Waals surface area contributed by atoms with Gasteiger partial charge in [-0.3, -0.25) is 4.79 Å². The summed E-state index contributed by atoms with van der Waals surface area (Å²) in [5.41, 5.74) is 6.92. The van der Waals surface area contributed by atoms with Crippen LogP contribution >= 0.6 is 0 Å². The van der Waals surface area contributed by atoms with Gasteiger partial charge in [-0.05, 0) is 37.6 Å². The van der Waals surface area contributed by atoms with Crippen molar-refractivity contribution in [1.82, 2.24) is 5.32 Å². The maximum atomic E-state index is 11.9. The van der Waals surface area contributed by atoms with Gasteiger partial charge in [0, 0.05) is 6.54 Å². The molecule has 0 atom stereocenters. The fourth-order valence-electron chi connectivity index (χ4n) is 1.85. The van der Waals surface area contributed by atoms with Crippen molar-refractivity contribution < 1.29 is 13.9 Å². The van der Waals surface area contributed by atoms with Gasteiger partial charge >= 0.3 is 0 Å². The minimum atomic E-state index is -0.180. The third-order valence-corrected chi connectivity index (χ3v) is 2.87. The molecular weight excluding hydrogens is 268 g/mol. The predicted octanol–water partition coefficient (Wildman–Crippen LogP) is 2.46. The van der Waals surface area contributed by atoms with Gasteiger partial charge in [-0.2, -0.15) is 0 Å². The molecule has 1 heterocycles. The molecule has 1 aromatic carbocycles. The van der Waals surface area contributed by atoms with Gasteiger partial charge in [-0.1, -0.05) is 12.1 Å². The number of nitrogens with one attached hydrogen (secondary N) is 1. The van der Waals surface area contributed by atoms with E-state index in [9.17, 15) is 4.79 Å². The zero-order chi connectivity index (χ0) is 15.2. The summed E-state index contributed by atoms with van der Waals surface area (Å²) in [6, 6.07) is 9.30. The topological polar surface area (TPSA) is 77.5 Å². The van der Waals surface area contributed by atoms with Crippen LogP contribution < -0.4 is 15.8 Å². The first kappa shape index (κ1) is 15.1. The molecule has 0 saturated heterocycles. The molecule has 1 amide bonds. The number of nitrogens with two attached hydrogens (primary N) is 1. The lowest BCUT2D eigenvalue weighted by Gasteiger charge is -2.10. The van der Waals surface area contributed by atoms with Crippen LogP contribution in [-0.4, -0.2) is 12.0 Å². The maximum absolute atomic E-state index is 11.9. The summed E-state index contributed by atoms with van der Waals surface area (Å²) in [4.78, 5) is 11.9. The number of furan rings is 1. The largest absolute Gasteiger partial charge is 0.491 e. The summed E-state index contributed by atoms with van der Waals surface area (Å²) in [6.45, 7) is 4.69. The van der Waals surface area contributed by atoms with Crippen LogP contribution in [0.5, 0.6) is 5.75 Å². The zero-order valence-corrected chi connectivity index (χ0v) is 12.3. The number of benzene rings is 1. The Morgan fingerprint density at radius 1 is 1.33 bits per heavy atom. The lowest BCUT2D eigenvalue weighted by atomic mass is 10.2. The Bertz CT molecular complexity index is 588. The van der Waals surface area contributed by atoms with Crippen LogP contribution in [-0.2, 0) is 13.1 Å². The normalized spacial score (nSPS) is 10.7. The van der Waals surface area contributed by atoms with Crippen LogP contribution in [0.25, 0.3) is 0 Å². The lowest BCUT2D eigenvalue weighted by molar-refractivity contribution is 0.0950. The Morgan fingerprint density at radius 2 is 2.05 bits per heavy atom. The molecule has 21 heavy (non-hydrogen) atoms. The average Bonchev–Trinajstić information content (AvgIpc) is 2.94. The minimum absolute atomic E-state index is 0.147. The zero-order valence-electron chi connectivity index (χ0n) is 12.3. The van der Waals surface area contributed by atoms with Crippen molar-refractivity contribution in [3.8, 4) is 5.75 Å². The van der Waals surface area contributed by atoms with E-state index in [1.54, 1.807) is 6.07 Å². The molecule has 112 valence electrons. The Hall–Kier alpha value is -2.27. The molecule has 0 spiro atoms. The van der Waals surface area contributed by atoms with Gasteiger partial charge in [0.25, 0.3) is 5.91 Å². The van der Waals surface area contributed by atoms with Crippen LogP contribution in [0.1, 0.15) is 35.5 Å². The quantitative estimate of drug-likeness (QED) is 0.856. The van der Waals surface area contributed by atoms with Crippen LogP contribution in [0.4, 0.5) is 0 Å². The van der Waals surface area contributed by atoms with Crippen molar-refractivity contribution in [2.45, 2.75) is 33.0 Å². The number of hydrogen-bond donors (Lipinski definition) is 2. The van der Waals surface area contributed by atoms with Crippen LogP contribution in [0.15, 0.2) is 41.0 Å². The summed E-state index contributed by atoms with van der Waals surface area (Å²) >= 11 is 0. The van der Waals surface area contributed by atoms with Crippen molar-refractivity contribution in [3.05, 3.63) is 53.5 Å². The molecule has 3 N–H and O–H groups in total. The summed E-state index contributed by atoms with van der Waals surface area (Å²) in [5, 5.41) is 2.83. The highest BCUT2D eigenvalue weighted by molar-refractivity contribution is 5.93. The van der Waals surface area contributed by atoms with E-state index in [2.05, 4.69) is 5.32 Å². The van der Waals surface area contributed by atoms with Crippen LogP contribution in [0, 0.1) is 0 Å². The van der Waals surface area contributed by atoms with Crippen molar-refractivity contribution in [2.75, 3.05) is 0 Å². The van der Waals surface area contributed by atoms with E-state index in [1.165, 1.54) is 6.26 Å². The molecule has 5 nitrogen and oxygen atoms in total. The van der Waals surface area contributed by atoms with E-state index in [1.807, 2.05) is 38.1 Å². The van der Waals surface area contributed by atoms with Gasteiger partial charge in [-0.25, -0.2) is 0 Å². The third-order valence-electron chi connectivity index (χ3n) is 2.87. The summed E-state index contributed by atoms with van der Waals surface area (Å²) in [7, 11) is 0. The molecule has 0 saturated carbocycles. The molecule has 0 unspecified atom stereocenters. The predicted molar refractivity (Wildman–Crippen MR) is 80.0 cm³/mol. The average molecular weight is 288 g/mol. The number of carbonyl (C=O) groups is 1. The van der Waals surface area contributed by atoms with Crippen molar-refractivity contribution in [1.29, 1.82) is 0 Å². The molecule has 1 aromatic heterocycles. The molecular formula is C16H20N2O3. The Morgan fingerprint density at radius 3 is 2.62 bits per heavy atom. The number of amides is 1. The first-order chi connectivity index (χ1) is 10.1. The van der Waals surface area contributed by atoms with E-state index in [0.717, 1.165) is 11.3 Å². The van der Waals surface area contributed by atoms with Crippen molar-refractivity contribution in [2.24, 2.45) is 5.73 Å². The Kier molecular flexibility index (Phi) is 5.00. The fourth-order valence-corrected chi connectivity index (χ4v) is 1.85. The van der Waals surface area contributed by atoms with Crippen LogP contribution in [0.3, 0.4) is 0 Å². The molecule has 0 aliphatic heterocycles.